The van der Waals surface area contributed by atoms with Gasteiger partial charge in [0, 0.05) is 24.8 Å². The van der Waals surface area contributed by atoms with Crippen LogP contribution < -0.4 is 4.90 Å². The van der Waals surface area contributed by atoms with Crippen LogP contribution in [0, 0.1) is 12.3 Å². The number of methoxy groups -OCH3 is 1. The van der Waals surface area contributed by atoms with Gasteiger partial charge >= 0.3 is 5.97 Å². The van der Waals surface area contributed by atoms with E-state index in [9.17, 15) is 4.79 Å². The summed E-state index contributed by atoms with van der Waals surface area (Å²) in [6.07, 6.45) is 1.23. The van der Waals surface area contributed by atoms with E-state index >= 15 is 0 Å². The third-order valence-electron chi connectivity index (χ3n) is 5.34. The zero-order chi connectivity index (χ0) is 21.6. The van der Waals surface area contributed by atoms with Gasteiger partial charge in [-0.05, 0) is 61.9 Å². The molecule has 3 heterocycles. The van der Waals surface area contributed by atoms with Crippen LogP contribution in [0.2, 0.25) is 0 Å². The van der Waals surface area contributed by atoms with Gasteiger partial charge in [0.2, 0.25) is 0 Å². The van der Waals surface area contributed by atoms with Crippen molar-refractivity contribution in [2.75, 3.05) is 25.1 Å². The van der Waals surface area contributed by atoms with Crippen molar-refractivity contribution >= 4 is 33.4 Å². The first-order valence-electron chi connectivity index (χ1n) is 9.98. The van der Waals surface area contributed by atoms with Gasteiger partial charge < -0.3 is 14.4 Å². The number of carbonyl (C=O) groups is 1. The first kappa shape index (κ1) is 22.0. The Morgan fingerprint density at radius 3 is 2.45 bits per heavy atom. The predicted molar refractivity (Wildman–Crippen MR) is 116 cm³/mol. The number of nitrogens with zero attached hydrogens (tertiary/aromatic N) is 4. The van der Waals surface area contributed by atoms with E-state index in [-0.39, 0.29) is 0 Å². The van der Waals surface area contributed by atoms with Crippen LogP contribution >= 0.6 is 15.9 Å². The van der Waals surface area contributed by atoms with Crippen LogP contribution in [0.1, 0.15) is 64.8 Å². The highest BCUT2D eigenvalue weighted by molar-refractivity contribution is 9.10. The number of esters is 1. The maximum absolute atomic E-state index is 12.8. The quantitative estimate of drug-likeness (QED) is 0.619. The van der Waals surface area contributed by atoms with Gasteiger partial charge in [0.1, 0.15) is 10.4 Å². The molecule has 0 aliphatic carbocycles. The Labute approximate surface area is 180 Å². The smallest absolute Gasteiger partial charge is 0.339 e. The molecule has 1 fully saturated rings. The van der Waals surface area contributed by atoms with Gasteiger partial charge in [-0.15, -0.1) is 0 Å². The van der Waals surface area contributed by atoms with E-state index in [0.717, 1.165) is 48.7 Å². The Morgan fingerprint density at radius 1 is 1.28 bits per heavy atom. The third-order valence-corrected chi connectivity index (χ3v) is 5.73. The minimum Gasteiger partial charge on any atom is -0.467 e. The van der Waals surface area contributed by atoms with Crippen molar-refractivity contribution in [1.29, 1.82) is 0 Å². The number of carbonyl (C=O) groups excluding carboxylic acids is 1. The second-order valence-corrected chi connectivity index (χ2v) is 10.3. The lowest BCUT2D eigenvalue weighted by molar-refractivity contribution is -0.164. The number of piperidine rings is 1. The molecule has 1 atom stereocenters. The molecule has 2 aromatic heterocycles. The minimum absolute atomic E-state index is 0.298. The molecule has 160 valence electrons. The van der Waals surface area contributed by atoms with Crippen LogP contribution in [0.15, 0.2) is 10.7 Å². The number of halogens is 1. The Morgan fingerprint density at radius 2 is 1.90 bits per heavy atom. The zero-order valence-corrected chi connectivity index (χ0v) is 20.0. The Bertz CT molecular complexity index is 907. The molecule has 0 amide bonds. The van der Waals surface area contributed by atoms with Gasteiger partial charge in [-0.3, -0.25) is 0 Å². The van der Waals surface area contributed by atoms with Gasteiger partial charge in [-0.2, -0.15) is 9.61 Å². The van der Waals surface area contributed by atoms with Crippen molar-refractivity contribution < 1.29 is 14.3 Å². The molecule has 1 saturated heterocycles. The summed E-state index contributed by atoms with van der Waals surface area (Å²) in [7, 11) is 1.39. The van der Waals surface area contributed by atoms with Crippen molar-refractivity contribution in [2.24, 2.45) is 5.41 Å². The molecule has 1 unspecified atom stereocenters. The highest BCUT2D eigenvalue weighted by atomic mass is 79.9. The lowest BCUT2D eigenvalue weighted by atomic mass is 9.82. The standard InChI is InChI=1S/C21H31BrN4O3/c1-13-16(17(19(27)28-7)29-20(2,3)4)18(25-10-8-21(5,6)9-11-25)26-15(23-13)12-14(22)24-26/h12,17H,8-11H2,1-7H3. The summed E-state index contributed by atoms with van der Waals surface area (Å²) in [5.41, 5.74) is 1.95. The molecular weight excluding hydrogens is 436 g/mol. The molecule has 7 nitrogen and oxygen atoms in total. The van der Waals surface area contributed by atoms with Gasteiger partial charge in [-0.1, -0.05) is 13.8 Å². The van der Waals surface area contributed by atoms with Crippen LogP contribution in [0.4, 0.5) is 5.82 Å². The second-order valence-electron chi connectivity index (χ2n) is 9.46. The van der Waals surface area contributed by atoms with Crippen LogP contribution in [0.5, 0.6) is 0 Å². The summed E-state index contributed by atoms with van der Waals surface area (Å²) in [6, 6.07) is 1.88. The molecule has 0 spiro atoms. The zero-order valence-electron chi connectivity index (χ0n) is 18.4. The lowest BCUT2D eigenvalue weighted by Crippen LogP contribution is -2.40. The summed E-state index contributed by atoms with van der Waals surface area (Å²) < 4.78 is 13.8. The summed E-state index contributed by atoms with van der Waals surface area (Å²) in [6.45, 7) is 14.0. The van der Waals surface area contributed by atoms with Crippen molar-refractivity contribution in [3.05, 3.63) is 21.9 Å². The third kappa shape index (κ3) is 4.74. The molecular formula is C21H31BrN4O3. The van der Waals surface area contributed by atoms with Crippen molar-refractivity contribution in [1.82, 2.24) is 14.6 Å². The van der Waals surface area contributed by atoms with Gasteiger partial charge in [0.15, 0.2) is 11.8 Å². The molecule has 29 heavy (non-hydrogen) atoms. The summed E-state index contributed by atoms with van der Waals surface area (Å²) in [4.78, 5) is 19.8. The van der Waals surface area contributed by atoms with Crippen LogP contribution in [0.3, 0.4) is 0 Å². The molecule has 0 bridgehead atoms. The average molecular weight is 467 g/mol. The van der Waals surface area contributed by atoms with Gasteiger partial charge in [0.25, 0.3) is 0 Å². The number of hydrogen-bond acceptors (Lipinski definition) is 6. The molecule has 0 N–H and O–H groups in total. The normalized spacial score (nSPS) is 18.1. The van der Waals surface area contributed by atoms with Gasteiger partial charge in [-0.25, -0.2) is 9.78 Å². The molecule has 3 rings (SSSR count). The molecule has 2 aromatic rings. The molecule has 0 aromatic carbocycles. The monoisotopic (exact) mass is 466 g/mol. The summed E-state index contributed by atoms with van der Waals surface area (Å²) in [5.74, 6) is 0.419. The van der Waals surface area contributed by atoms with Crippen molar-refractivity contribution in [3.8, 4) is 0 Å². The number of rotatable bonds is 4. The molecule has 8 heteroatoms. The SMILES string of the molecule is COC(=O)C(OC(C)(C)C)c1c(C)nc2cc(Br)nn2c1N1CCC(C)(C)CC1. The number of ether oxygens (including phenoxy) is 2. The Kier molecular flexibility index (Phi) is 5.98. The van der Waals surface area contributed by atoms with Crippen molar-refractivity contribution in [3.63, 3.8) is 0 Å². The fraction of sp³-hybridized carbons (Fsp3) is 0.667. The number of anilines is 1. The van der Waals surface area contributed by atoms with E-state index in [2.05, 4.69) is 39.8 Å². The predicted octanol–water partition coefficient (Wildman–Crippen LogP) is 4.46. The number of hydrogen-bond donors (Lipinski definition) is 0. The Hall–Kier alpha value is -1.67. The maximum Gasteiger partial charge on any atom is 0.339 e. The van der Waals surface area contributed by atoms with E-state index in [0.29, 0.717) is 10.0 Å². The first-order chi connectivity index (χ1) is 13.4. The van der Waals surface area contributed by atoms with E-state index < -0.39 is 17.7 Å². The second kappa shape index (κ2) is 7.87. The van der Waals surface area contributed by atoms with Crippen LogP contribution in [-0.4, -0.2) is 46.4 Å². The molecule has 0 radical (unpaired) electrons. The number of aromatic nitrogens is 3. The number of aryl methyl sites for hydroxylation is 1. The minimum atomic E-state index is -0.884. The summed E-state index contributed by atoms with van der Waals surface area (Å²) >= 11 is 3.47. The Balaban J connectivity index is 2.21. The van der Waals surface area contributed by atoms with E-state index in [1.165, 1.54) is 7.11 Å². The first-order valence-corrected chi connectivity index (χ1v) is 10.8. The molecule has 1 aliphatic heterocycles. The van der Waals surface area contributed by atoms with E-state index in [1.54, 1.807) is 0 Å². The van der Waals surface area contributed by atoms with E-state index in [1.807, 2.05) is 38.3 Å². The molecule has 1 aliphatic rings. The van der Waals surface area contributed by atoms with Gasteiger partial charge in [0.05, 0.1) is 18.3 Å². The van der Waals surface area contributed by atoms with E-state index in [4.69, 9.17) is 14.5 Å². The topological polar surface area (TPSA) is 69.0 Å². The largest absolute Gasteiger partial charge is 0.467 e. The maximum atomic E-state index is 12.8. The van der Waals surface area contributed by atoms with Crippen LogP contribution in [0.25, 0.3) is 5.65 Å². The summed E-state index contributed by atoms with van der Waals surface area (Å²) in [5, 5.41) is 4.61. The fourth-order valence-electron chi connectivity index (χ4n) is 3.71. The highest BCUT2D eigenvalue weighted by Gasteiger charge is 2.36. The number of fused-ring (bicyclic) bond motifs is 1. The lowest BCUT2D eigenvalue weighted by Gasteiger charge is -2.39. The highest BCUT2D eigenvalue weighted by Crippen LogP contribution is 2.39. The van der Waals surface area contributed by atoms with Crippen molar-refractivity contribution in [2.45, 2.75) is 66.1 Å². The fourth-order valence-corrected chi connectivity index (χ4v) is 4.07. The molecule has 0 saturated carbocycles. The van der Waals surface area contributed by atoms with Crippen LogP contribution in [-0.2, 0) is 14.3 Å². The average Bonchev–Trinajstić information content (AvgIpc) is 2.97.